The number of nitrogens with zero attached hydrogens (tertiary/aromatic N) is 5. The predicted octanol–water partition coefficient (Wildman–Crippen LogP) is 12.2. The van der Waals surface area contributed by atoms with Crippen molar-refractivity contribution in [1.82, 2.24) is 23.7 Å². The van der Waals surface area contributed by atoms with Crippen molar-refractivity contribution in [3.8, 4) is 67.4 Å². The third-order valence-electron chi connectivity index (χ3n) is 9.77. The van der Waals surface area contributed by atoms with E-state index in [4.69, 9.17) is 23.7 Å². The molecule has 0 N–H and O–H groups in total. The average Bonchev–Trinajstić information content (AvgIpc) is 3.74. The van der Waals surface area contributed by atoms with Crippen LogP contribution in [0.25, 0.3) is 100 Å². The zero-order chi connectivity index (χ0) is 35.1. The molecule has 53 heavy (non-hydrogen) atoms. The maximum absolute atomic E-state index is 5.37. The highest BCUT2D eigenvalue weighted by molar-refractivity contribution is 7.00. The van der Waals surface area contributed by atoms with E-state index in [2.05, 4.69) is 127 Å². The Bertz CT molecular complexity index is 2850. The Morgan fingerprint density at radius 3 is 1.55 bits per heavy atom. The molecule has 5 nitrogen and oxygen atoms in total. The van der Waals surface area contributed by atoms with Gasteiger partial charge >= 0.3 is 0 Å². The SMILES string of the molecule is c1ccc(-c2cc(-c3ccc(-c4cccc5nc(-c6ccccc6)c6cc(-c7ccccc7)c7nsnc7c6c45)cc3)nc(-c3ccccc3)n2)cc1. The van der Waals surface area contributed by atoms with E-state index in [-0.39, 0.29) is 0 Å². The van der Waals surface area contributed by atoms with Crippen LogP contribution in [-0.4, -0.2) is 23.7 Å². The summed E-state index contributed by atoms with van der Waals surface area (Å²) in [7, 11) is 0. The van der Waals surface area contributed by atoms with Crippen molar-refractivity contribution in [3.63, 3.8) is 0 Å². The molecule has 248 valence electrons. The van der Waals surface area contributed by atoms with Crippen LogP contribution in [0.2, 0.25) is 0 Å². The Morgan fingerprint density at radius 1 is 0.358 bits per heavy atom. The lowest BCUT2D eigenvalue weighted by molar-refractivity contribution is 1.18. The van der Waals surface area contributed by atoms with E-state index in [9.17, 15) is 0 Å². The summed E-state index contributed by atoms with van der Waals surface area (Å²) in [6.07, 6.45) is 0. The van der Waals surface area contributed by atoms with E-state index < -0.39 is 0 Å². The second-order valence-corrected chi connectivity index (χ2v) is 13.5. The van der Waals surface area contributed by atoms with Crippen LogP contribution in [0.3, 0.4) is 0 Å². The van der Waals surface area contributed by atoms with E-state index in [1.165, 1.54) is 11.7 Å². The molecule has 0 fully saturated rings. The van der Waals surface area contributed by atoms with Gasteiger partial charge in [-0.15, -0.1) is 0 Å². The molecule has 0 aliphatic rings. The monoisotopic (exact) mass is 695 g/mol. The molecule has 10 aromatic rings. The molecule has 0 radical (unpaired) electrons. The predicted molar refractivity (Wildman–Crippen MR) is 218 cm³/mol. The van der Waals surface area contributed by atoms with Crippen LogP contribution >= 0.6 is 11.7 Å². The first-order valence-corrected chi connectivity index (χ1v) is 18.2. The first kappa shape index (κ1) is 30.9. The second-order valence-electron chi connectivity index (χ2n) is 13.0. The third-order valence-corrected chi connectivity index (χ3v) is 10.3. The van der Waals surface area contributed by atoms with Gasteiger partial charge in [0, 0.05) is 44.0 Å². The molecule has 0 bridgehead atoms. The Balaban J connectivity index is 1.17. The summed E-state index contributed by atoms with van der Waals surface area (Å²) in [4.78, 5) is 15.4. The van der Waals surface area contributed by atoms with E-state index in [1.807, 2.05) is 48.5 Å². The van der Waals surface area contributed by atoms with Gasteiger partial charge in [-0.3, -0.25) is 0 Å². The lowest BCUT2D eigenvalue weighted by Crippen LogP contribution is -1.96. The van der Waals surface area contributed by atoms with Gasteiger partial charge in [0.1, 0.15) is 11.0 Å². The summed E-state index contributed by atoms with van der Waals surface area (Å²) in [5, 5.41) is 3.18. The van der Waals surface area contributed by atoms with Gasteiger partial charge < -0.3 is 0 Å². The number of benzene rings is 7. The maximum atomic E-state index is 5.37. The summed E-state index contributed by atoms with van der Waals surface area (Å²) in [6.45, 7) is 0. The second kappa shape index (κ2) is 13.0. The molecule has 0 aliphatic heterocycles. The molecule has 0 aliphatic carbocycles. The Labute approximate surface area is 310 Å². The molecule has 0 spiro atoms. The molecule has 6 heteroatoms. The number of fused-ring (bicyclic) bond motifs is 5. The van der Waals surface area contributed by atoms with Crippen LogP contribution in [0.1, 0.15) is 0 Å². The maximum Gasteiger partial charge on any atom is 0.160 e. The molecule has 3 aromatic heterocycles. The van der Waals surface area contributed by atoms with Gasteiger partial charge in [0.05, 0.1) is 34.3 Å². The fourth-order valence-electron chi connectivity index (χ4n) is 7.24. The standard InChI is InChI=1S/C47H29N5S/c1-5-14-30(15-6-1)37-28-38-43(46-45(37)51-53-52-46)42-36(22-13-23-39(42)48-44(38)34-18-9-3-10-19-34)31-24-26-33(27-25-31)41-29-40(32-16-7-2-8-17-32)49-47(50-41)35-20-11-4-12-21-35/h1-29H. The Hall–Kier alpha value is -6.89. The van der Waals surface area contributed by atoms with Crippen molar-refractivity contribution in [1.29, 1.82) is 0 Å². The number of pyridine rings is 1. The van der Waals surface area contributed by atoms with Gasteiger partial charge in [-0.1, -0.05) is 158 Å². The van der Waals surface area contributed by atoms with E-state index in [0.717, 1.165) is 94.3 Å². The van der Waals surface area contributed by atoms with Crippen molar-refractivity contribution in [2.24, 2.45) is 0 Å². The lowest BCUT2D eigenvalue weighted by atomic mass is 9.90. The quantitative estimate of drug-likeness (QED) is 0.162. The van der Waals surface area contributed by atoms with Crippen LogP contribution in [0.15, 0.2) is 176 Å². The molecule has 10 rings (SSSR count). The van der Waals surface area contributed by atoms with Gasteiger partial charge in [0.25, 0.3) is 0 Å². The lowest BCUT2D eigenvalue weighted by Gasteiger charge is -2.16. The van der Waals surface area contributed by atoms with Crippen molar-refractivity contribution in [3.05, 3.63) is 176 Å². The Morgan fingerprint density at radius 2 is 0.887 bits per heavy atom. The van der Waals surface area contributed by atoms with Gasteiger partial charge in [-0.05, 0) is 34.9 Å². The first-order chi connectivity index (χ1) is 26.3. The minimum atomic E-state index is 0.697. The molecule has 0 unspecified atom stereocenters. The van der Waals surface area contributed by atoms with E-state index in [0.29, 0.717) is 5.82 Å². The van der Waals surface area contributed by atoms with Crippen LogP contribution in [-0.2, 0) is 0 Å². The summed E-state index contributed by atoms with van der Waals surface area (Å²) < 4.78 is 9.82. The van der Waals surface area contributed by atoms with Crippen LogP contribution in [0, 0.1) is 0 Å². The fraction of sp³-hybridized carbons (Fsp3) is 0. The van der Waals surface area contributed by atoms with Crippen LogP contribution in [0.4, 0.5) is 0 Å². The number of aromatic nitrogens is 5. The van der Waals surface area contributed by atoms with Crippen molar-refractivity contribution < 1.29 is 0 Å². The highest BCUT2D eigenvalue weighted by Gasteiger charge is 2.21. The number of rotatable bonds is 6. The third kappa shape index (κ3) is 5.53. The number of hydrogen-bond donors (Lipinski definition) is 0. The minimum Gasteiger partial charge on any atom is -0.247 e. The zero-order valence-corrected chi connectivity index (χ0v) is 29.2. The zero-order valence-electron chi connectivity index (χ0n) is 28.4. The number of hydrogen-bond acceptors (Lipinski definition) is 6. The van der Waals surface area contributed by atoms with Crippen LogP contribution in [0.5, 0.6) is 0 Å². The molecule has 0 amide bonds. The molecule has 0 saturated carbocycles. The topological polar surface area (TPSA) is 64.5 Å². The molecule has 0 atom stereocenters. The van der Waals surface area contributed by atoms with Gasteiger partial charge in [-0.2, -0.15) is 8.75 Å². The van der Waals surface area contributed by atoms with Gasteiger partial charge in [0.2, 0.25) is 0 Å². The Kier molecular flexibility index (Phi) is 7.59. The van der Waals surface area contributed by atoms with Crippen molar-refractivity contribution in [2.45, 2.75) is 0 Å². The van der Waals surface area contributed by atoms with Crippen molar-refractivity contribution >= 4 is 44.4 Å². The molecule has 3 heterocycles. The van der Waals surface area contributed by atoms with E-state index >= 15 is 0 Å². The average molecular weight is 696 g/mol. The fourth-order valence-corrected chi connectivity index (χ4v) is 7.81. The van der Waals surface area contributed by atoms with Crippen molar-refractivity contribution in [2.75, 3.05) is 0 Å². The molecule has 0 saturated heterocycles. The summed E-state index contributed by atoms with van der Waals surface area (Å²) in [6, 6.07) is 60.7. The van der Waals surface area contributed by atoms with Gasteiger partial charge in [-0.25, -0.2) is 15.0 Å². The minimum absolute atomic E-state index is 0.697. The summed E-state index contributed by atoms with van der Waals surface area (Å²) in [5.74, 6) is 0.697. The largest absolute Gasteiger partial charge is 0.247 e. The van der Waals surface area contributed by atoms with Gasteiger partial charge in [0.15, 0.2) is 5.82 Å². The highest BCUT2D eigenvalue weighted by Crippen LogP contribution is 2.44. The van der Waals surface area contributed by atoms with Crippen LogP contribution < -0.4 is 0 Å². The smallest absolute Gasteiger partial charge is 0.160 e. The normalized spacial score (nSPS) is 11.4. The summed E-state index contributed by atoms with van der Waals surface area (Å²) >= 11 is 1.25. The molecular weight excluding hydrogens is 667 g/mol. The highest BCUT2D eigenvalue weighted by atomic mass is 32.1. The van der Waals surface area contributed by atoms with E-state index in [1.54, 1.807) is 0 Å². The molecular formula is C47H29N5S. The first-order valence-electron chi connectivity index (χ1n) is 17.5. The summed E-state index contributed by atoms with van der Waals surface area (Å²) in [5.41, 5.74) is 13.8. The molecule has 7 aromatic carbocycles.